The lowest BCUT2D eigenvalue weighted by atomic mass is 9.94. The molecule has 2 saturated carbocycles. The van der Waals surface area contributed by atoms with Gasteiger partial charge in [-0.15, -0.1) is 0 Å². The van der Waals surface area contributed by atoms with Gasteiger partial charge in [0.05, 0.1) is 25.2 Å². The lowest BCUT2D eigenvalue weighted by Gasteiger charge is -2.27. The van der Waals surface area contributed by atoms with E-state index in [2.05, 4.69) is 10.3 Å². The van der Waals surface area contributed by atoms with E-state index >= 15 is 0 Å². The van der Waals surface area contributed by atoms with Crippen molar-refractivity contribution in [2.75, 3.05) is 25.6 Å². The number of pyridine rings is 1. The summed E-state index contributed by atoms with van der Waals surface area (Å²) >= 11 is 0. The van der Waals surface area contributed by atoms with E-state index in [4.69, 9.17) is 10.5 Å². The number of nitrogens with zero attached hydrogens (tertiary/aromatic N) is 2. The zero-order valence-electron chi connectivity index (χ0n) is 17.1. The maximum Gasteiger partial charge on any atom is 0.410 e. The minimum atomic E-state index is -4.55. The van der Waals surface area contributed by atoms with Gasteiger partial charge in [-0.3, -0.25) is 4.79 Å². The van der Waals surface area contributed by atoms with Crippen LogP contribution < -0.4 is 16.4 Å². The Balaban J connectivity index is 1.46. The van der Waals surface area contributed by atoms with Crippen LogP contribution >= 0.6 is 0 Å². The van der Waals surface area contributed by atoms with Gasteiger partial charge in [0, 0.05) is 13.3 Å². The summed E-state index contributed by atoms with van der Waals surface area (Å²) in [7, 11) is 1.40. The van der Waals surface area contributed by atoms with E-state index in [1.54, 1.807) is 6.07 Å². The number of nitrogens with one attached hydrogen (secondary N) is 2. The Kier molecular flexibility index (Phi) is 5.82. The van der Waals surface area contributed by atoms with E-state index < -0.39 is 36.9 Å². The van der Waals surface area contributed by atoms with Gasteiger partial charge in [-0.05, 0) is 54.7 Å². The molecule has 1 saturated heterocycles. The van der Waals surface area contributed by atoms with Crippen molar-refractivity contribution >= 4 is 17.8 Å². The average Bonchev–Trinajstić information content (AvgIpc) is 3.12. The van der Waals surface area contributed by atoms with Gasteiger partial charge in [0.15, 0.2) is 0 Å². The van der Waals surface area contributed by atoms with Crippen LogP contribution in [0.4, 0.5) is 23.8 Å². The Morgan fingerprint density at radius 3 is 2.71 bits per heavy atom. The summed E-state index contributed by atoms with van der Waals surface area (Å²) in [5, 5.41) is 4.66. The zero-order chi connectivity index (χ0) is 22.3. The number of nitrogens with two attached hydrogens (primary N) is 1. The van der Waals surface area contributed by atoms with Crippen LogP contribution in [0.5, 0.6) is 0 Å². The van der Waals surface area contributed by atoms with E-state index in [9.17, 15) is 22.8 Å². The monoisotopic (exact) mass is 441 g/mol. The third-order valence-electron chi connectivity index (χ3n) is 6.54. The molecule has 6 atom stereocenters. The number of rotatable bonds is 7. The van der Waals surface area contributed by atoms with Gasteiger partial charge in [-0.2, -0.15) is 13.2 Å². The number of hydrogen-bond donors (Lipinski definition) is 3. The predicted molar refractivity (Wildman–Crippen MR) is 105 cm³/mol. The molecule has 0 spiro atoms. The van der Waals surface area contributed by atoms with Crippen LogP contribution in [0.2, 0.25) is 0 Å². The molecule has 1 aromatic heterocycles. The van der Waals surface area contributed by atoms with Crippen molar-refractivity contribution in [1.29, 1.82) is 0 Å². The molecule has 1 aliphatic heterocycles. The number of carbonyl (C=O) groups is 2. The number of methoxy groups -OCH3 is 1. The topological polar surface area (TPSA) is 110 Å². The molecule has 4 rings (SSSR count). The summed E-state index contributed by atoms with van der Waals surface area (Å²) in [4.78, 5) is 30.0. The number of aromatic nitrogens is 1. The fraction of sp³-hybridized carbons (Fsp3) is 0.650. The SMILES string of the molecule is COC[C@H](c1ccnc(NC(=O)[C@@H](N)C2C[C@@H]3C[C@@H]3C2)c1)N1C[C@@H](C(F)(F)F)NC1=O. The Hall–Kier alpha value is -2.40. The lowest BCUT2D eigenvalue weighted by molar-refractivity contribution is -0.150. The molecule has 31 heavy (non-hydrogen) atoms. The first-order valence-electron chi connectivity index (χ1n) is 10.3. The van der Waals surface area contributed by atoms with Crippen molar-refractivity contribution < 1.29 is 27.5 Å². The van der Waals surface area contributed by atoms with E-state index in [0.717, 1.165) is 17.7 Å². The number of halogens is 3. The van der Waals surface area contributed by atoms with Crippen LogP contribution in [0.15, 0.2) is 18.3 Å². The molecule has 1 aromatic rings. The summed E-state index contributed by atoms with van der Waals surface area (Å²) < 4.78 is 44.3. The molecule has 0 radical (unpaired) electrons. The lowest BCUT2D eigenvalue weighted by Crippen LogP contribution is -2.41. The second-order valence-corrected chi connectivity index (χ2v) is 8.64. The minimum Gasteiger partial charge on any atom is -0.382 e. The molecule has 170 valence electrons. The second-order valence-electron chi connectivity index (χ2n) is 8.64. The highest BCUT2D eigenvalue weighted by Crippen LogP contribution is 2.55. The molecular formula is C20H26F3N5O3. The predicted octanol–water partition coefficient (Wildman–Crippen LogP) is 2.04. The first-order chi connectivity index (χ1) is 14.7. The first kappa shape index (κ1) is 21.8. The number of amides is 3. The van der Waals surface area contributed by atoms with Crippen molar-refractivity contribution in [2.24, 2.45) is 23.5 Å². The molecule has 3 amide bonds. The van der Waals surface area contributed by atoms with Crippen LogP contribution in [0, 0.1) is 17.8 Å². The Morgan fingerprint density at radius 2 is 2.10 bits per heavy atom. The smallest absolute Gasteiger partial charge is 0.382 e. The molecule has 3 aliphatic rings. The molecular weight excluding hydrogens is 415 g/mol. The highest BCUT2D eigenvalue weighted by atomic mass is 19.4. The molecule has 3 fully saturated rings. The normalized spacial score (nSPS) is 29.3. The standard InChI is InChI=1S/C20H26F3N5O3/c1-31-9-14(28-8-15(20(21,22)23)26-19(28)30)10-2-3-25-16(7-10)27-18(29)17(24)13-5-11-4-12(11)6-13/h2-3,7,11-15,17H,4-6,8-9,24H2,1H3,(H,26,30)(H,25,27,29)/t11-,12+,13?,14-,15+,17+/m1/s1. The summed E-state index contributed by atoms with van der Waals surface area (Å²) in [5.41, 5.74) is 6.65. The van der Waals surface area contributed by atoms with Crippen LogP contribution in [0.25, 0.3) is 0 Å². The second kappa shape index (κ2) is 8.27. The minimum absolute atomic E-state index is 0.0141. The number of fused-ring (bicyclic) bond motifs is 1. The number of hydrogen-bond acceptors (Lipinski definition) is 5. The Morgan fingerprint density at radius 1 is 1.39 bits per heavy atom. The molecule has 8 nitrogen and oxygen atoms in total. The van der Waals surface area contributed by atoms with Crippen molar-refractivity contribution in [3.05, 3.63) is 23.9 Å². The highest BCUT2D eigenvalue weighted by molar-refractivity contribution is 5.94. The fourth-order valence-electron chi connectivity index (χ4n) is 4.74. The summed E-state index contributed by atoms with van der Waals surface area (Å²) in [6, 6.07) is -1.06. The molecule has 0 aromatic carbocycles. The molecule has 2 heterocycles. The van der Waals surface area contributed by atoms with E-state index in [-0.39, 0.29) is 24.2 Å². The van der Waals surface area contributed by atoms with Crippen LogP contribution in [0.1, 0.15) is 30.9 Å². The average molecular weight is 441 g/mol. The first-order valence-corrected chi connectivity index (χ1v) is 10.3. The van der Waals surface area contributed by atoms with Crippen LogP contribution in [-0.4, -0.2) is 60.3 Å². The quantitative estimate of drug-likeness (QED) is 0.600. The number of urea groups is 1. The largest absolute Gasteiger partial charge is 0.410 e. The number of anilines is 1. The summed E-state index contributed by atoms with van der Waals surface area (Å²) in [5.74, 6) is 1.45. The number of alkyl halides is 3. The molecule has 1 unspecified atom stereocenters. The Labute approximate surface area is 177 Å². The molecule has 4 N–H and O–H groups in total. The van der Waals surface area contributed by atoms with Gasteiger partial charge < -0.3 is 26.0 Å². The van der Waals surface area contributed by atoms with Crippen LogP contribution in [0.3, 0.4) is 0 Å². The zero-order valence-corrected chi connectivity index (χ0v) is 17.1. The van der Waals surface area contributed by atoms with E-state index in [1.807, 2.05) is 5.32 Å². The molecule has 0 bridgehead atoms. The Bertz CT molecular complexity index is 842. The van der Waals surface area contributed by atoms with Crippen molar-refractivity contribution in [1.82, 2.24) is 15.2 Å². The third-order valence-corrected chi connectivity index (χ3v) is 6.54. The van der Waals surface area contributed by atoms with Gasteiger partial charge in [-0.25, -0.2) is 9.78 Å². The van der Waals surface area contributed by atoms with Gasteiger partial charge in [-0.1, -0.05) is 0 Å². The van der Waals surface area contributed by atoms with E-state index in [0.29, 0.717) is 17.4 Å². The number of ether oxygens (including phenoxy) is 1. The van der Waals surface area contributed by atoms with Crippen molar-refractivity contribution in [3.63, 3.8) is 0 Å². The maximum absolute atomic E-state index is 13.1. The van der Waals surface area contributed by atoms with Gasteiger partial charge in [0.25, 0.3) is 0 Å². The van der Waals surface area contributed by atoms with Crippen molar-refractivity contribution in [3.8, 4) is 0 Å². The van der Waals surface area contributed by atoms with Gasteiger partial charge in [0.2, 0.25) is 5.91 Å². The van der Waals surface area contributed by atoms with Gasteiger partial charge in [0.1, 0.15) is 11.9 Å². The van der Waals surface area contributed by atoms with Crippen molar-refractivity contribution in [2.45, 2.75) is 43.6 Å². The number of carbonyl (C=O) groups excluding carboxylic acids is 2. The third kappa shape index (κ3) is 4.62. The fourth-order valence-corrected chi connectivity index (χ4v) is 4.74. The molecule has 2 aliphatic carbocycles. The molecule has 11 heteroatoms. The summed E-state index contributed by atoms with van der Waals surface area (Å²) in [6.45, 7) is -0.547. The maximum atomic E-state index is 13.1. The van der Waals surface area contributed by atoms with Crippen LogP contribution in [-0.2, 0) is 9.53 Å². The van der Waals surface area contributed by atoms with E-state index in [1.165, 1.54) is 25.8 Å². The summed E-state index contributed by atoms with van der Waals surface area (Å²) in [6.07, 6.45) is 0.0459. The highest BCUT2D eigenvalue weighted by Gasteiger charge is 2.49. The van der Waals surface area contributed by atoms with Gasteiger partial charge >= 0.3 is 12.2 Å².